The van der Waals surface area contributed by atoms with E-state index in [2.05, 4.69) is 42.5 Å². The largest absolute Gasteiger partial charge is 0.481 e. The van der Waals surface area contributed by atoms with Crippen LogP contribution in [-0.2, 0) is 59.2 Å². The predicted octanol–water partition coefficient (Wildman–Crippen LogP) is -4.41. The normalized spacial score (nSPS) is 17.6. The summed E-state index contributed by atoms with van der Waals surface area (Å²) in [5.74, 6) is -12.0. The van der Waals surface area contributed by atoms with Crippen molar-refractivity contribution >= 4 is 65.1 Å². The number of aliphatic hydroxyl groups is 3. The molecule has 426 valence electrons. The minimum atomic E-state index is -1.71. The average Bonchev–Trinajstić information content (AvgIpc) is 3.88. The summed E-state index contributed by atoms with van der Waals surface area (Å²) in [6.07, 6.45) is -0.917. The van der Waals surface area contributed by atoms with Gasteiger partial charge in [0, 0.05) is 19.4 Å². The second-order valence-electron chi connectivity index (χ2n) is 19.2. The van der Waals surface area contributed by atoms with Crippen molar-refractivity contribution in [3.63, 3.8) is 0 Å². The number of carboxylic acid groups (broad SMARTS) is 2. The van der Waals surface area contributed by atoms with Gasteiger partial charge in [-0.2, -0.15) is 0 Å². The molecule has 0 spiro atoms. The van der Waals surface area contributed by atoms with Crippen molar-refractivity contribution in [1.82, 2.24) is 47.4 Å². The van der Waals surface area contributed by atoms with Crippen LogP contribution in [0.2, 0.25) is 0 Å². The van der Waals surface area contributed by atoms with Crippen LogP contribution in [0.15, 0.2) is 30.3 Å². The molecule has 1 heterocycles. The minimum Gasteiger partial charge on any atom is -0.481 e. The summed E-state index contributed by atoms with van der Waals surface area (Å²) in [7, 11) is 0. The Morgan fingerprint density at radius 3 is 1.74 bits per heavy atom. The smallest absolute Gasteiger partial charge is 0.326 e. The Kier molecular flexibility index (Phi) is 28.0. The summed E-state index contributed by atoms with van der Waals surface area (Å²) in [6, 6.07) is -5.96. The third kappa shape index (κ3) is 20.7. The van der Waals surface area contributed by atoms with Gasteiger partial charge in [0.1, 0.15) is 60.4 Å². The number of aliphatic hydroxyl groups excluding tert-OH is 3. The van der Waals surface area contributed by atoms with E-state index in [9.17, 15) is 78.3 Å². The van der Waals surface area contributed by atoms with E-state index in [1.807, 2.05) is 0 Å². The van der Waals surface area contributed by atoms with Gasteiger partial charge in [-0.15, -0.1) is 0 Å². The standard InChI is InChI=1S/C49H79N11O16/c1-7-26(4)39(59-46(72)38(25(2)3)58-45(71)37(51)28(6)63)47(73)53-30(18-19-36(64)65)48(74)60-21-13-17-35(60)44(70)57-33(23-61)42(68)52-27(5)40(66)55-32(22-29-14-9-8-10-15-29)41(67)56-34(24-62)43(69)54-31(49(75)76)16-11-12-20-50/h8-10,14-15,25-28,30-35,37-39,61-63H,7,11-13,16-24,50-51H2,1-6H3,(H,52,68)(H,53,73)(H,54,69)(H,55,66)(H,56,67)(H,57,70)(H,58,71)(H,59,72)(H,64,65)(H,75,76)/t26-,27-,28+,30-,31-,32-,33-,34-,35-,37-,38-,39-/m0/s1. The Morgan fingerprint density at radius 2 is 1.18 bits per heavy atom. The fraction of sp³-hybridized carbons (Fsp3) is 0.653. The Morgan fingerprint density at radius 1 is 0.645 bits per heavy atom. The quantitative estimate of drug-likeness (QED) is 0.0296. The van der Waals surface area contributed by atoms with Crippen molar-refractivity contribution < 1.29 is 78.3 Å². The summed E-state index contributed by atoms with van der Waals surface area (Å²) in [4.78, 5) is 147. The maximum absolute atomic E-state index is 14.2. The van der Waals surface area contributed by atoms with Crippen molar-refractivity contribution in [2.45, 2.75) is 166 Å². The van der Waals surface area contributed by atoms with Crippen LogP contribution in [-0.4, -0.2) is 188 Å². The number of benzene rings is 1. The molecule has 0 saturated carbocycles. The molecule has 1 fully saturated rings. The molecule has 0 bridgehead atoms. The molecule has 0 unspecified atom stereocenters. The monoisotopic (exact) mass is 1080 g/mol. The highest BCUT2D eigenvalue weighted by atomic mass is 16.4. The predicted molar refractivity (Wildman–Crippen MR) is 272 cm³/mol. The van der Waals surface area contributed by atoms with Crippen LogP contribution in [0.4, 0.5) is 0 Å². The van der Waals surface area contributed by atoms with Crippen molar-refractivity contribution in [2.24, 2.45) is 23.3 Å². The minimum absolute atomic E-state index is 0.0257. The van der Waals surface area contributed by atoms with E-state index < -0.39 is 170 Å². The summed E-state index contributed by atoms with van der Waals surface area (Å²) in [5, 5.41) is 68.7. The molecule has 17 N–H and O–H groups in total. The van der Waals surface area contributed by atoms with Crippen molar-refractivity contribution in [2.75, 3.05) is 26.3 Å². The van der Waals surface area contributed by atoms with E-state index in [0.29, 0.717) is 31.4 Å². The fourth-order valence-corrected chi connectivity index (χ4v) is 7.92. The third-order valence-corrected chi connectivity index (χ3v) is 12.8. The number of nitrogens with one attached hydrogen (secondary N) is 8. The highest BCUT2D eigenvalue weighted by Gasteiger charge is 2.41. The lowest BCUT2D eigenvalue weighted by Gasteiger charge is -2.32. The zero-order valence-electron chi connectivity index (χ0n) is 43.9. The first-order chi connectivity index (χ1) is 35.8. The molecule has 0 aliphatic carbocycles. The maximum Gasteiger partial charge on any atom is 0.326 e. The molecule has 1 aromatic rings. The Balaban J connectivity index is 2.26. The number of amides is 9. The molecule has 0 aromatic heterocycles. The van der Waals surface area contributed by atoms with Gasteiger partial charge in [0.15, 0.2) is 0 Å². The number of nitrogens with zero attached hydrogens (tertiary/aromatic N) is 1. The van der Waals surface area contributed by atoms with Crippen LogP contribution in [0.5, 0.6) is 0 Å². The summed E-state index contributed by atoms with van der Waals surface area (Å²) < 4.78 is 0. The number of carbonyl (C=O) groups excluding carboxylic acids is 9. The Bertz CT molecular complexity index is 2150. The lowest BCUT2D eigenvalue weighted by Crippen LogP contribution is -2.62. The zero-order valence-corrected chi connectivity index (χ0v) is 43.9. The highest BCUT2D eigenvalue weighted by molar-refractivity contribution is 5.99. The first-order valence-corrected chi connectivity index (χ1v) is 25.4. The van der Waals surface area contributed by atoms with Gasteiger partial charge in [-0.1, -0.05) is 64.4 Å². The van der Waals surface area contributed by atoms with E-state index in [4.69, 9.17) is 11.5 Å². The molecule has 1 aromatic carbocycles. The number of hydrogen-bond acceptors (Lipinski definition) is 16. The molecule has 1 aliphatic rings. The van der Waals surface area contributed by atoms with Gasteiger partial charge in [-0.3, -0.25) is 47.9 Å². The highest BCUT2D eigenvalue weighted by Crippen LogP contribution is 2.21. The van der Waals surface area contributed by atoms with E-state index in [1.165, 1.54) is 13.8 Å². The lowest BCUT2D eigenvalue weighted by molar-refractivity contribution is -0.144. The molecule has 76 heavy (non-hydrogen) atoms. The number of unbranched alkanes of at least 4 members (excludes halogenated alkanes) is 1. The van der Waals surface area contributed by atoms with Crippen LogP contribution in [0.1, 0.15) is 98.5 Å². The SMILES string of the molecule is CC[C@H](C)[C@H](NC(=O)[C@@H](NC(=O)[C@@H](N)[C@@H](C)O)C(C)C)C(=O)N[C@@H](CCC(=O)O)C(=O)N1CCC[C@H]1C(=O)N[C@@H](CO)C(=O)N[C@@H](C)C(=O)N[C@@H](Cc1ccccc1)C(=O)N[C@@H](CO)C(=O)N[C@@H](CCCCN)C(=O)O. The van der Waals surface area contributed by atoms with Crippen molar-refractivity contribution in [1.29, 1.82) is 0 Å². The van der Waals surface area contributed by atoms with Gasteiger partial charge >= 0.3 is 11.9 Å². The van der Waals surface area contributed by atoms with Crippen LogP contribution < -0.4 is 54.0 Å². The van der Waals surface area contributed by atoms with Gasteiger partial charge in [-0.05, 0) is 76.3 Å². The van der Waals surface area contributed by atoms with Gasteiger partial charge in [0.2, 0.25) is 53.2 Å². The van der Waals surface area contributed by atoms with Gasteiger partial charge in [-0.25, -0.2) is 4.79 Å². The van der Waals surface area contributed by atoms with Crippen molar-refractivity contribution in [3.8, 4) is 0 Å². The average molecular weight is 1080 g/mol. The second kappa shape index (κ2) is 32.6. The van der Waals surface area contributed by atoms with E-state index in [-0.39, 0.29) is 32.2 Å². The topological polar surface area (TPSA) is 440 Å². The van der Waals surface area contributed by atoms with Gasteiger partial charge in [0.05, 0.1) is 19.3 Å². The first-order valence-electron chi connectivity index (χ1n) is 25.4. The molecule has 9 amide bonds. The van der Waals surface area contributed by atoms with Crippen LogP contribution >= 0.6 is 0 Å². The lowest BCUT2D eigenvalue weighted by atomic mass is 9.95. The number of nitrogens with two attached hydrogens (primary N) is 2. The molecular formula is C49H79N11O16. The van der Waals surface area contributed by atoms with E-state index in [0.717, 1.165) is 4.90 Å². The summed E-state index contributed by atoms with van der Waals surface area (Å²) in [6.45, 7) is 7.47. The van der Waals surface area contributed by atoms with Crippen molar-refractivity contribution in [3.05, 3.63) is 35.9 Å². The maximum atomic E-state index is 14.2. The number of carboxylic acids is 2. The summed E-state index contributed by atoms with van der Waals surface area (Å²) in [5.41, 5.74) is 11.8. The number of likely N-dealkylation sites (tertiary alicyclic amines) is 1. The molecular weight excluding hydrogens is 999 g/mol. The van der Waals surface area contributed by atoms with Gasteiger partial charge < -0.3 is 84.4 Å². The van der Waals surface area contributed by atoms with E-state index in [1.54, 1.807) is 58.0 Å². The Hall–Kier alpha value is -6.81. The number of aliphatic carboxylic acids is 2. The number of carbonyl (C=O) groups is 11. The van der Waals surface area contributed by atoms with Crippen LogP contribution in [0, 0.1) is 11.8 Å². The molecule has 12 atom stereocenters. The second-order valence-corrected chi connectivity index (χ2v) is 19.2. The van der Waals surface area contributed by atoms with E-state index >= 15 is 0 Å². The molecule has 27 heteroatoms. The summed E-state index contributed by atoms with van der Waals surface area (Å²) >= 11 is 0. The van der Waals surface area contributed by atoms with Crippen LogP contribution in [0.3, 0.4) is 0 Å². The van der Waals surface area contributed by atoms with Crippen LogP contribution in [0.25, 0.3) is 0 Å². The molecule has 1 saturated heterocycles. The Labute approximate surface area is 441 Å². The molecule has 2 rings (SSSR count). The first kappa shape index (κ1) is 65.3. The fourth-order valence-electron chi connectivity index (χ4n) is 7.92. The molecule has 1 aliphatic heterocycles. The number of hydrogen-bond donors (Lipinski definition) is 15. The molecule has 27 nitrogen and oxygen atoms in total. The third-order valence-electron chi connectivity index (χ3n) is 12.8. The van der Waals surface area contributed by atoms with Gasteiger partial charge in [0.25, 0.3) is 0 Å². The molecule has 0 radical (unpaired) electrons. The zero-order chi connectivity index (χ0) is 57.4. The number of rotatable bonds is 33.